The Bertz CT molecular complexity index is 1150. The number of aromatic amines is 2. The Balaban J connectivity index is 1.66. The lowest BCUT2D eigenvalue weighted by molar-refractivity contribution is -0.0494. The summed E-state index contributed by atoms with van der Waals surface area (Å²) in [6.07, 6.45) is 4.39. The molecule has 8 nitrogen and oxygen atoms in total. The molecule has 3 N–H and O–H groups in total. The Morgan fingerprint density at radius 1 is 1.25 bits per heavy atom. The first-order valence-corrected chi connectivity index (χ1v) is 8.22. The molecule has 0 atom stereocenters. The van der Waals surface area contributed by atoms with Crippen LogP contribution in [0.15, 0.2) is 42.9 Å². The third-order valence-electron chi connectivity index (χ3n) is 4.00. The summed E-state index contributed by atoms with van der Waals surface area (Å²) in [7, 11) is 0. The number of hydrogen-bond donors (Lipinski definition) is 3. The number of amides is 1. The molecule has 0 bridgehead atoms. The van der Waals surface area contributed by atoms with Crippen molar-refractivity contribution in [2.75, 3.05) is 5.32 Å². The Labute approximate surface area is 157 Å². The highest BCUT2D eigenvalue weighted by molar-refractivity contribution is 6.05. The SMILES string of the molecule is Cc1ccc(OC(F)F)c(-c2[nH]ncc2NC(=O)c2cnc3[nH]ccc3n2)c1. The van der Waals surface area contributed by atoms with Gasteiger partial charge in [0.05, 0.1) is 23.8 Å². The van der Waals surface area contributed by atoms with Gasteiger partial charge < -0.3 is 15.0 Å². The lowest BCUT2D eigenvalue weighted by Gasteiger charge is -2.12. The summed E-state index contributed by atoms with van der Waals surface area (Å²) in [4.78, 5) is 23.8. The van der Waals surface area contributed by atoms with Gasteiger partial charge in [0, 0.05) is 11.8 Å². The molecule has 142 valence electrons. The molecule has 4 rings (SSSR count). The molecule has 3 heterocycles. The maximum atomic E-state index is 12.7. The summed E-state index contributed by atoms with van der Waals surface area (Å²) in [6, 6.07) is 6.45. The minimum Gasteiger partial charge on any atom is -0.434 e. The van der Waals surface area contributed by atoms with E-state index in [-0.39, 0.29) is 11.4 Å². The van der Waals surface area contributed by atoms with Crippen molar-refractivity contribution in [2.45, 2.75) is 13.5 Å². The number of aryl methyl sites for hydroxylation is 1. The Morgan fingerprint density at radius 3 is 2.93 bits per heavy atom. The lowest BCUT2D eigenvalue weighted by Crippen LogP contribution is -2.14. The molecule has 0 aliphatic rings. The number of carbonyl (C=O) groups excluding carboxylic acids is 1. The topological polar surface area (TPSA) is 109 Å². The molecule has 0 saturated heterocycles. The van der Waals surface area contributed by atoms with E-state index in [9.17, 15) is 13.6 Å². The number of ether oxygens (including phenoxy) is 1. The van der Waals surface area contributed by atoms with Gasteiger partial charge in [0.1, 0.15) is 17.0 Å². The Morgan fingerprint density at radius 2 is 2.11 bits per heavy atom. The molecule has 1 aromatic carbocycles. The number of nitrogens with zero attached hydrogens (tertiary/aromatic N) is 3. The molecule has 28 heavy (non-hydrogen) atoms. The van der Waals surface area contributed by atoms with Gasteiger partial charge in [0.2, 0.25) is 0 Å². The predicted octanol–water partition coefficient (Wildman–Crippen LogP) is 3.51. The molecule has 0 saturated carbocycles. The molecule has 4 aromatic rings. The fourth-order valence-electron chi connectivity index (χ4n) is 2.75. The van der Waals surface area contributed by atoms with E-state index in [1.165, 1.54) is 18.5 Å². The van der Waals surface area contributed by atoms with E-state index >= 15 is 0 Å². The normalized spacial score (nSPS) is 11.1. The maximum Gasteiger partial charge on any atom is 0.387 e. The van der Waals surface area contributed by atoms with Crippen LogP contribution < -0.4 is 10.1 Å². The first-order chi connectivity index (χ1) is 13.5. The van der Waals surface area contributed by atoms with Gasteiger partial charge in [-0.1, -0.05) is 11.6 Å². The van der Waals surface area contributed by atoms with Crippen molar-refractivity contribution in [3.63, 3.8) is 0 Å². The van der Waals surface area contributed by atoms with Crippen LogP contribution in [0.4, 0.5) is 14.5 Å². The van der Waals surface area contributed by atoms with Crippen LogP contribution in [-0.2, 0) is 0 Å². The summed E-state index contributed by atoms with van der Waals surface area (Å²) in [5, 5.41) is 9.30. The van der Waals surface area contributed by atoms with Gasteiger partial charge in [-0.3, -0.25) is 9.89 Å². The molecule has 1 amide bonds. The summed E-state index contributed by atoms with van der Waals surface area (Å²) in [6.45, 7) is -1.17. The number of rotatable bonds is 5. The molecule has 3 aromatic heterocycles. The summed E-state index contributed by atoms with van der Waals surface area (Å²) in [5.74, 6) is -0.545. The summed E-state index contributed by atoms with van der Waals surface area (Å²) >= 11 is 0. The van der Waals surface area contributed by atoms with Crippen molar-refractivity contribution in [1.29, 1.82) is 0 Å². The maximum absolute atomic E-state index is 12.7. The Hall–Kier alpha value is -3.82. The van der Waals surface area contributed by atoms with Crippen molar-refractivity contribution < 1.29 is 18.3 Å². The molecule has 0 spiro atoms. The van der Waals surface area contributed by atoms with E-state index in [1.54, 1.807) is 24.4 Å². The zero-order valence-corrected chi connectivity index (χ0v) is 14.5. The van der Waals surface area contributed by atoms with Gasteiger partial charge in [-0.25, -0.2) is 9.97 Å². The fraction of sp³-hybridized carbons (Fsp3) is 0.111. The zero-order chi connectivity index (χ0) is 19.7. The van der Waals surface area contributed by atoms with Crippen LogP contribution >= 0.6 is 0 Å². The number of nitrogens with one attached hydrogen (secondary N) is 3. The van der Waals surface area contributed by atoms with Crippen molar-refractivity contribution in [3.05, 3.63) is 54.1 Å². The summed E-state index contributed by atoms with van der Waals surface area (Å²) in [5.41, 5.74) is 3.02. The minimum atomic E-state index is -2.98. The molecule has 0 aliphatic carbocycles. The van der Waals surface area contributed by atoms with Gasteiger partial charge in [-0.15, -0.1) is 0 Å². The molecule has 10 heteroatoms. The number of fused-ring (bicyclic) bond motifs is 1. The van der Waals surface area contributed by atoms with Crippen molar-refractivity contribution in [1.82, 2.24) is 25.1 Å². The van der Waals surface area contributed by atoms with Crippen LogP contribution in [0.2, 0.25) is 0 Å². The minimum absolute atomic E-state index is 0.0334. The van der Waals surface area contributed by atoms with Gasteiger partial charge >= 0.3 is 6.61 Å². The highest BCUT2D eigenvalue weighted by Crippen LogP contribution is 2.35. The second-order valence-electron chi connectivity index (χ2n) is 5.96. The van der Waals surface area contributed by atoms with E-state index < -0.39 is 12.5 Å². The van der Waals surface area contributed by atoms with Gasteiger partial charge in [-0.05, 0) is 25.1 Å². The quantitative estimate of drug-likeness (QED) is 0.488. The number of halogens is 2. The third kappa shape index (κ3) is 3.39. The van der Waals surface area contributed by atoms with E-state index in [4.69, 9.17) is 0 Å². The van der Waals surface area contributed by atoms with Gasteiger partial charge in [-0.2, -0.15) is 13.9 Å². The molecule has 0 unspecified atom stereocenters. The number of carbonyl (C=O) groups is 1. The van der Waals surface area contributed by atoms with Gasteiger partial charge in [0.25, 0.3) is 5.91 Å². The zero-order valence-electron chi connectivity index (χ0n) is 14.5. The number of H-pyrrole nitrogens is 2. The average Bonchev–Trinajstić information content (AvgIpc) is 3.31. The smallest absolute Gasteiger partial charge is 0.387 e. The molecule has 0 radical (unpaired) electrons. The number of aromatic nitrogens is 5. The monoisotopic (exact) mass is 384 g/mol. The van der Waals surface area contributed by atoms with Crippen LogP contribution in [0.1, 0.15) is 16.1 Å². The standard InChI is InChI=1S/C18H14F2N6O2/c1-9-2-3-14(28-18(19)20)10(6-9)15-12(8-23-26-15)25-17(27)13-7-22-16-11(24-13)4-5-21-16/h2-8,18H,1H3,(H,21,22)(H,23,26)(H,25,27). The highest BCUT2D eigenvalue weighted by atomic mass is 19.3. The van der Waals surface area contributed by atoms with Crippen LogP contribution in [-0.4, -0.2) is 37.7 Å². The second kappa shape index (κ2) is 7.06. The molecular weight excluding hydrogens is 370 g/mol. The molecule has 0 aliphatic heterocycles. The third-order valence-corrected chi connectivity index (χ3v) is 4.00. The number of alkyl halides is 2. The number of benzene rings is 1. The highest BCUT2D eigenvalue weighted by Gasteiger charge is 2.19. The average molecular weight is 384 g/mol. The second-order valence-corrected chi connectivity index (χ2v) is 5.96. The predicted molar refractivity (Wildman–Crippen MR) is 97.2 cm³/mol. The van der Waals surface area contributed by atoms with E-state index in [2.05, 4.69) is 35.2 Å². The number of anilines is 1. The largest absolute Gasteiger partial charge is 0.434 e. The van der Waals surface area contributed by atoms with Crippen molar-refractivity contribution in [2.24, 2.45) is 0 Å². The van der Waals surface area contributed by atoms with Crippen LogP contribution in [0, 0.1) is 6.92 Å². The fourth-order valence-corrected chi connectivity index (χ4v) is 2.75. The first kappa shape index (κ1) is 17.6. The lowest BCUT2D eigenvalue weighted by atomic mass is 10.1. The van der Waals surface area contributed by atoms with Crippen LogP contribution in [0.5, 0.6) is 5.75 Å². The first-order valence-electron chi connectivity index (χ1n) is 8.22. The molecular formula is C18H14F2N6O2. The van der Waals surface area contributed by atoms with E-state index in [0.717, 1.165) is 5.56 Å². The van der Waals surface area contributed by atoms with Crippen molar-refractivity contribution in [3.8, 4) is 17.0 Å². The van der Waals surface area contributed by atoms with E-state index in [1.807, 2.05) is 6.92 Å². The Kier molecular flexibility index (Phi) is 4.44. The number of hydrogen-bond acceptors (Lipinski definition) is 5. The van der Waals surface area contributed by atoms with E-state index in [0.29, 0.717) is 28.1 Å². The molecule has 0 fully saturated rings. The van der Waals surface area contributed by atoms with Crippen LogP contribution in [0.25, 0.3) is 22.4 Å². The van der Waals surface area contributed by atoms with Gasteiger partial charge in [0.15, 0.2) is 5.65 Å². The van der Waals surface area contributed by atoms with Crippen molar-refractivity contribution >= 4 is 22.8 Å². The van der Waals surface area contributed by atoms with Crippen LogP contribution in [0.3, 0.4) is 0 Å². The summed E-state index contributed by atoms with van der Waals surface area (Å²) < 4.78 is 30.1.